The number of hydrogen-bond donors (Lipinski definition) is 1. The number of nitrogens with two attached hydrogens (primary N) is 1. The van der Waals surface area contributed by atoms with Gasteiger partial charge in [0.2, 0.25) is 0 Å². The van der Waals surface area contributed by atoms with E-state index in [1.807, 2.05) is 31.2 Å². The van der Waals surface area contributed by atoms with Crippen molar-refractivity contribution in [1.29, 1.82) is 0 Å². The van der Waals surface area contributed by atoms with Crippen molar-refractivity contribution in [1.82, 2.24) is 9.78 Å². The first kappa shape index (κ1) is 16.2. The summed E-state index contributed by atoms with van der Waals surface area (Å²) < 4.78 is 6.63. The molecule has 0 saturated carbocycles. The van der Waals surface area contributed by atoms with Crippen molar-refractivity contribution in [2.45, 2.75) is 20.4 Å². The molecule has 1 heterocycles. The Morgan fingerprint density at radius 3 is 2.80 bits per heavy atom. The summed E-state index contributed by atoms with van der Waals surface area (Å²) >= 11 is 0. The predicted molar refractivity (Wildman–Crippen MR) is 79.4 cm³/mol. The Bertz CT molecular complexity index is 596. The zero-order valence-corrected chi connectivity index (χ0v) is 12.3. The van der Waals surface area contributed by atoms with Crippen LogP contribution in [0, 0.1) is 6.92 Å². The monoisotopic (exact) mass is 295 g/mol. The number of aromatic nitrogens is 2. The number of carbonyl (C=O) groups is 1. The molecule has 0 aliphatic carbocycles. The van der Waals surface area contributed by atoms with Gasteiger partial charge in [-0.3, -0.25) is 0 Å². The second-order valence-electron chi connectivity index (χ2n) is 4.18. The average Bonchev–Trinajstić information content (AvgIpc) is 2.81. The first-order valence-corrected chi connectivity index (χ1v) is 6.19. The Balaban J connectivity index is 0.00000200. The molecule has 1 aromatic heterocycles. The van der Waals surface area contributed by atoms with E-state index >= 15 is 0 Å². The minimum atomic E-state index is -0.374. The molecule has 0 fully saturated rings. The number of nitrogens with zero attached hydrogens (tertiary/aromatic N) is 2. The van der Waals surface area contributed by atoms with E-state index in [1.165, 1.54) is 0 Å². The Kier molecular flexibility index (Phi) is 5.73. The second-order valence-corrected chi connectivity index (χ2v) is 4.18. The minimum absolute atomic E-state index is 0. The van der Waals surface area contributed by atoms with Crippen LogP contribution in [0.4, 0.5) is 0 Å². The first-order chi connectivity index (χ1) is 9.15. The highest BCUT2D eigenvalue weighted by molar-refractivity contribution is 5.88. The van der Waals surface area contributed by atoms with Crippen molar-refractivity contribution >= 4 is 18.4 Å². The molecule has 2 aromatic rings. The minimum Gasteiger partial charge on any atom is -0.461 e. The number of rotatable bonds is 4. The number of halogens is 1. The van der Waals surface area contributed by atoms with Crippen LogP contribution >= 0.6 is 12.4 Å². The maximum absolute atomic E-state index is 11.9. The summed E-state index contributed by atoms with van der Waals surface area (Å²) in [6.45, 7) is 4.40. The van der Waals surface area contributed by atoms with Crippen LogP contribution < -0.4 is 5.73 Å². The quantitative estimate of drug-likeness (QED) is 0.878. The highest BCUT2D eigenvalue weighted by atomic mass is 35.5. The van der Waals surface area contributed by atoms with Crippen molar-refractivity contribution in [2.24, 2.45) is 5.73 Å². The van der Waals surface area contributed by atoms with E-state index in [9.17, 15) is 4.79 Å². The van der Waals surface area contributed by atoms with Gasteiger partial charge in [-0.15, -0.1) is 12.4 Å². The number of benzene rings is 1. The molecule has 6 heteroatoms. The van der Waals surface area contributed by atoms with Gasteiger partial charge in [-0.1, -0.05) is 12.1 Å². The fraction of sp³-hybridized carbons (Fsp3) is 0.286. The van der Waals surface area contributed by atoms with Crippen molar-refractivity contribution in [3.8, 4) is 5.69 Å². The molecule has 0 radical (unpaired) electrons. The van der Waals surface area contributed by atoms with Gasteiger partial charge < -0.3 is 10.5 Å². The van der Waals surface area contributed by atoms with Crippen molar-refractivity contribution in [3.63, 3.8) is 0 Å². The van der Waals surface area contributed by atoms with Crippen LogP contribution in [0.1, 0.15) is 28.7 Å². The lowest BCUT2D eigenvalue weighted by Crippen LogP contribution is -2.12. The number of esters is 1. The molecule has 1 aromatic carbocycles. The average molecular weight is 296 g/mol. The van der Waals surface area contributed by atoms with Crippen LogP contribution in [-0.4, -0.2) is 22.4 Å². The van der Waals surface area contributed by atoms with E-state index in [4.69, 9.17) is 10.5 Å². The van der Waals surface area contributed by atoms with Gasteiger partial charge in [-0.25, -0.2) is 9.48 Å². The van der Waals surface area contributed by atoms with Crippen LogP contribution in [0.3, 0.4) is 0 Å². The van der Waals surface area contributed by atoms with Gasteiger partial charge in [0.05, 0.1) is 18.0 Å². The third-order valence-corrected chi connectivity index (χ3v) is 2.71. The van der Waals surface area contributed by atoms with E-state index < -0.39 is 0 Å². The van der Waals surface area contributed by atoms with E-state index in [1.54, 1.807) is 17.7 Å². The molecule has 0 aliphatic rings. The Morgan fingerprint density at radius 1 is 1.40 bits per heavy atom. The molecule has 0 saturated heterocycles. The molecule has 0 atom stereocenters. The Hall–Kier alpha value is -1.85. The van der Waals surface area contributed by atoms with Crippen molar-refractivity contribution < 1.29 is 9.53 Å². The van der Waals surface area contributed by atoms with Gasteiger partial charge >= 0.3 is 5.97 Å². The molecule has 2 rings (SSSR count). The van der Waals surface area contributed by atoms with Crippen LogP contribution in [0.5, 0.6) is 0 Å². The number of aryl methyl sites for hydroxylation is 1. The summed E-state index contributed by atoms with van der Waals surface area (Å²) in [5, 5.41) is 4.33. The largest absolute Gasteiger partial charge is 0.461 e. The van der Waals surface area contributed by atoms with E-state index in [0.29, 0.717) is 18.8 Å². The molecule has 20 heavy (non-hydrogen) atoms. The van der Waals surface area contributed by atoms with E-state index in [-0.39, 0.29) is 18.4 Å². The first-order valence-electron chi connectivity index (χ1n) is 6.19. The Morgan fingerprint density at radius 2 is 2.15 bits per heavy atom. The molecule has 0 aliphatic heterocycles. The van der Waals surface area contributed by atoms with Crippen LogP contribution in [0.25, 0.3) is 5.69 Å². The van der Waals surface area contributed by atoms with E-state index in [2.05, 4.69) is 5.10 Å². The van der Waals surface area contributed by atoms with Gasteiger partial charge in [0.25, 0.3) is 0 Å². The van der Waals surface area contributed by atoms with Crippen molar-refractivity contribution in [3.05, 3.63) is 47.3 Å². The van der Waals surface area contributed by atoms with Gasteiger partial charge in [-0.05, 0) is 37.6 Å². The second kappa shape index (κ2) is 7.07. The Labute approximate surface area is 124 Å². The fourth-order valence-electron chi connectivity index (χ4n) is 1.86. The van der Waals surface area contributed by atoms with Gasteiger partial charge in [-0.2, -0.15) is 5.10 Å². The third-order valence-electron chi connectivity index (χ3n) is 2.71. The highest BCUT2D eigenvalue weighted by Crippen LogP contribution is 2.15. The predicted octanol–water partition coefficient (Wildman–Crippen LogP) is 2.24. The zero-order chi connectivity index (χ0) is 13.8. The molecule has 108 valence electrons. The number of hydrogen-bond acceptors (Lipinski definition) is 4. The summed E-state index contributed by atoms with van der Waals surface area (Å²) in [6.07, 6.45) is 0. The topological polar surface area (TPSA) is 70.1 Å². The fourth-order valence-corrected chi connectivity index (χ4v) is 1.86. The molecule has 0 bridgehead atoms. The highest BCUT2D eigenvalue weighted by Gasteiger charge is 2.16. The third kappa shape index (κ3) is 3.37. The molecular weight excluding hydrogens is 278 g/mol. The molecule has 0 spiro atoms. The zero-order valence-electron chi connectivity index (χ0n) is 11.5. The lowest BCUT2D eigenvalue weighted by molar-refractivity contribution is 0.0515. The summed E-state index contributed by atoms with van der Waals surface area (Å²) in [5.41, 5.74) is 8.61. The molecule has 2 N–H and O–H groups in total. The maximum atomic E-state index is 11.9. The van der Waals surface area contributed by atoms with Gasteiger partial charge in [0.1, 0.15) is 0 Å². The van der Waals surface area contributed by atoms with Crippen LogP contribution in [0.15, 0.2) is 30.3 Å². The smallest absolute Gasteiger partial charge is 0.357 e. The van der Waals surface area contributed by atoms with E-state index in [0.717, 1.165) is 16.9 Å². The normalized spacial score (nSPS) is 9.95. The van der Waals surface area contributed by atoms with Gasteiger partial charge in [0, 0.05) is 6.54 Å². The number of ether oxygens (including phenoxy) is 1. The molecule has 5 nitrogen and oxygen atoms in total. The van der Waals surface area contributed by atoms with Gasteiger partial charge in [0.15, 0.2) is 5.69 Å². The molecular formula is C14H18ClN3O2. The lowest BCUT2D eigenvalue weighted by atomic mass is 10.2. The van der Waals surface area contributed by atoms with Crippen LogP contribution in [0.2, 0.25) is 0 Å². The molecule has 0 unspecified atom stereocenters. The standard InChI is InChI=1S/C14H17N3O2.ClH/c1-3-19-14(18)13-7-10(2)16-17(13)12-6-4-5-11(8-12)9-15;/h4-8H,3,9,15H2,1-2H3;1H. The molecule has 0 amide bonds. The van der Waals surface area contributed by atoms with Crippen LogP contribution in [-0.2, 0) is 11.3 Å². The summed E-state index contributed by atoms with van der Waals surface area (Å²) in [7, 11) is 0. The summed E-state index contributed by atoms with van der Waals surface area (Å²) in [4.78, 5) is 11.9. The maximum Gasteiger partial charge on any atom is 0.357 e. The number of carbonyl (C=O) groups excluding carboxylic acids is 1. The van der Waals surface area contributed by atoms with Crippen molar-refractivity contribution in [2.75, 3.05) is 6.61 Å². The lowest BCUT2D eigenvalue weighted by Gasteiger charge is -2.08. The SMILES string of the molecule is CCOC(=O)c1cc(C)nn1-c1cccc(CN)c1.Cl. The summed E-state index contributed by atoms with van der Waals surface area (Å²) in [5.74, 6) is -0.374. The summed E-state index contributed by atoms with van der Waals surface area (Å²) in [6, 6.07) is 9.34.